The van der Waals surface area contributed by atoms with Crippen molar-refractivity contribution >= 4 is 17.3 Å². The quantitative estimate of drug-likeness (QED) is 0.586. The van der Waals surface area contributed by atoms with Crippen molar-refractivity contribution in [3.63, 3.8) is 0 Å². The summed E-state index contributed by atoms with van der Waals surface area (Å²) in [4.78, 5) is 6.71. The van der Waals surface area contributed by atoms with E-state index in [-0.39, 0.29) is 0 Å². The van der Waals surface area contributed by atoms with Crippen molar-refractivity contribution in [1.82, 2.24) is 15.2 Å². The number of nitrogens with zero attached hydrogens (tertiary/aromatic N) is 2. The van der Waals surface area contributed by atoms with E-state index < -0.39 is 0 Å². The first-order valence-electron chi connectivity index (χ1n) is 7.75. The van der Waals surface area contributed by atoms with Crippen LogP contribution in [0.3, 0.4) is 0 Å². The highest BCUT2D eigenvalue weighted by Gasteiger charge is 2.30. The molecule has 0 amide bonds. The van der Waals surface area contributed by atoms with Crippen LogP contribution in [0, 0.1) is 0 Å². The molecule has 20 heavy (non-hydrogen) atoms. The molecule has 0 radical (unpaired) electrons. The van der Waals surface area contributed by atoms with Crippen molar-refractivity contribution in [1.29, 1.82) is 0 Å². The first-order chi connectivity index (χ1) is 9.81. The number of hydrogen-bond donors (Lipinski definition) is 1. The van der Waals surface area contributed by atoms with Crippen LogP contribution in [-0.2, 0) is 6.54 Å². The fourth-order valence-electron chi connectivity index (χ4n) is 2.27. The Bertz CT molecular complexity index is 403. The summed E-state index contributed by atoms with van der Waals surface area (Å²) in [6.07, 6.45) is 9.44. The van der Waals surface area contributed by atoms with Gasteiger partial charge in [0.1, 0.15) is 0 Å². The second-order valence-corrected chi connectivity index (χ2v) is 5.86. The van der Waals surface area contributed by atoms with E-state index in [0.717, 1.165) is 23.9 Å². The van der Waals surface area contributed by atoms with Crippen LogP contribution in [0.15, 0.2) is 24.4 Å². The standard InChI is InChI=1S/C16H25N3S/c1-2-3-4-6-12-18-16(20)19(15-9-10-15)13-14-8-5-7-11-17-14/h5,7-8,11,15H,2-4,6,9-10,12-13H2,1H3,(H,18,20). The van der Waals surface area contributed by atoms with Gasteiger partial charge in [0.15, 0.2) is 5.11 Å². The van der Waals surface area contributed by atoms with Gasteiger partial charge in [0.05, 0.1) is 12.2 Å². The van der Waals surface area contributed by atoms with Crippen molar-refractivity contribution in [2.75, 3.05) is 6.54 Å². The van der Waals surface area contributed by atoms with Crippen LogP contribution in [0.4, 0.5) is 0 Å². The van der Waals surface area contributed by atoms with Crippen molar-refractivity contribution in [3.8, 4) is 0 Å². The zero-order valence-electron chi connectivity index (χ0n) is 12.3. The third-order valence-electron chi connectivity index (χ3n) is 3.61. The van der Waals surface area contributed by atoms with Crippen LogP contribution in [0.1, 0.15) is 51.1 Å². The molecule has 1 aliphatic carbocycles. The fourth-order valence-corrected chi connectivity index (χ4v) is 2.58. The summed E-state index contributed by atoms with van der Waals surface area (Å²) in [6.45, 7) is 4.05. The fraction of sp³-hybridized carbons (Fsp3) is 0.625. The molecule has 0 spiro atoms. The molecule has 1 aromatic rings. The molecule has 1 saturated carbocycles. The Labute approximate surface area is 127 Å². The highest BCUT2D eigenvalue weighted by Crippen LogP contribution is 2.28. The molecule has 0 bridgehead atoms. The summed E-state index contributed by atoms with van der Waals surface area (Å²) in [5.41, 5.74) is 1.09. The molecule has 1 heterocycles. The molecule has 0 aromatic carbocycles. The van der Waals surface area contributed by atoms with E-state index in [1.54, 1.807) is 0 Å². The molecule has 0 aliphatic heterocycles. The molecule has 2 rings (SSSR count). The van der Waals surface area contributed by atoms with Crippen molar-refractivity contribution < 1.29 is 0 Å². The van der Waals surface area contributed by atoms with Gasteiger partial charge in [0.2, 0.25) is 0 Å². The maximum absolute atomic E-state index is 5.56. The Balaban J connectivity index is 1.78. The lowest BCUT2D eigenvalue weighted by Gasteiger charge is -2.25. The minimum atomic E-state index is 0.618. The van der Waals surface area contributed by atoms with Crippen molar-refractivity contribution in [2.45, 2.75) is 58.0 Å². The molecule has 0 atom stereocenters. The van der Waals surface area contributed by atoms with Crippen LogP contribution in [0.25, 0.3) is 0 Å². The van der Waals surface area contributed by atoms with Crippen molar-refractivity contribution in [3.05, 3.63) is 30.1 Å². The lowest BCUT2D eigenvalue weighted by molar-refractivity contribution is 0.390. The van der Waals surface area contributed by atoms with Gasteiger partial charge in [-0.25, -0.2) is 0 Å². The minimum absolute atomic E-state index is 0.618. The van der Waals surface area contributed by atoms with Gasteiger partial charge in [-0.1, -0.05) is 32.3 Å². The predicted molar refractivity (Wildman–Crippen MR) is 87.5 cm³/mol. The largest absolute Gasteiger partial charge is 0.363 e. The number of pyridine rings is 1. The monoisotopic (exact) mass is 291 g/mol. The first kappa shape index (κ1) is 15.2. The topological polar surface area (TPSA) is 28.2 Å². The van der Waals surface area contributed by atoms with E-state index in [9.17, 15) is 0 Å². The van der Waals surface area contributed by atoms with Gasteiger partial charge >= 0.3 is 0 Å². The van der Waals surface area contributed by atoms with Crippen molar-refractivity contribution in [2.24, 2.45) is 0 Å². The molecule has 1 N–H and O–H groups in total. The number of rotatable bonds is 8. The summed E-state index contributed by atoms with van der Waals surface area (Å²) in [6, 6.07) is 6.68. The Kier molecular flexibility index (Phi) is 6.25. The van der Waals surface area contributed by atoms with Crippen LogP contribution < -0.4 is 5.32 Å². The molecule has 110 valence electrons. The predicted octanol–water partition coefficient (Wildman–Crippen LogP) is 3.50. The highest BCUT2D eigenvalue weighted by atomic mass is 32.1. The van der Waals surface area contributed by atoms with Crippen LogP contribution in [-0.4, -0.2) is 27.6 Å². The van der Waals surface area contributed by atoms with E-state index in [1.807, 2.05) is 18.3 Å². The molecular weight excluding hydrogens is 266 g/mol. The molecule has 4 heteroatoms. The van der Waals surface area contributed by atoms with Gasteiger partial charge in [0, 0.05) is 18.8 Å². The van der Waals surface area contributed by atoms with E-state index >= 15 is 0 Å². The number of nitrogens with one attached hydrogen (secondary N) is 1. The average Bonchev–Trinajstić information content (AvgIpc) is 3.30. The minimum Gasteiger partial charge on any atom is -0.363 e. The summed E-state index contributed by atoms with van der Waals surface area (Å²) in [5.74, 6) is 0. The maximum atomic E-state index is 5.56. The lowest BCUT2D eigenvalue weighted by atomic mass is 10.2. The summed E-state index contributed by atoms with van der Waals surface area (Å²) in [7, 11) is 0. The zero-order valence-corrected chi connectivity index (χ0v) is 13.2. The summed E-state index contributed by atoms with van der Waals surface area (Å²) >= 11 is 5.56. The van der Waals surface area contributed by atoms with Crippen LogP contribution in [0.5, 0.6) is 0 Å². The third-order valence-corrected chi connectivity index (χ3v) is 3.99. The van der Waals surface area contributed by atoms with Gasteiger partial charge in [-0.05, 0) is 43.6 Å². The number of aromatic nitrogens is 1. The van der Waals surface area contributed by atoms with E-state index in [1.165, 1.54) is 38.5 Å². The number of unbranched alkanes of at least 4 members (excludes halogenated alkanes) is 3. The third kappa shape index (κ3) is 5.08. The summed E-state index contributed by atoms with van der Waals surface area (Å²) < 4.78 is 0. The van der Waals surface area contributed by atoms with Gasteiger partial charge in [-0.15, -0.1) is 0 Å². The van der Waals surface area contributed by atoms with E-state index in [0.29, 0.717) is 6.04 Å². The maximum Gasteiger partial charge on any atom is 0.169 e. The normalized spacial score (nSPS) is 14.1. The molecule has 1 fully saturated rings. The average molecular weight is 291 g/mol. The van der Waals surface area contributed by atoms with Gasteiger partial charge in [0.25, 0.3) is 0 Å². The molecule has 3 nitrogen and oxygen atoms in total. The second-order valence-electron chi connectivity index (χ2n) is 5.47. The molecule has 0 saturated heterocycles. The van der Waals surface area contributed by atoms with Gasteiger partial charge < -0.3 is 10.2 Å². The Morgan fingerprint density at radius 3 is 2.85 bits per heavy atom. The number of hydrogen-bond acceptors (Lipinski definition) is 2. The number of thiocarbonyl (C=S) groups is 1. The Morgan fingerprint density at radius 2 is 2.20 bits per heavy atom. The van der Waals surface area contributed by atoms with Gasteiger partial charge in [-0.2, -0.15) is 0 Å². The van der Waals surface area contributed by atoms with E-state index in [2.05, 4.69) is 28.2 Å². The molecule has 0 unspecified atom stereocenters. The molecule has 1 aliphatic rings. The first-order valence-corrected chi connectivity index (χ1v) is 8.16. The zero-order chi connectivity index (χ0) is 14.2. The van der Waals surface area contributed by atoms with Crippen LogP contribution in [0.2, 0.25) is 0 Å². The molecule has 1 aromatic heterocycles. The molecular formula is C16H25N3S. The van der Waals surface area contributed by atoms with E-state index in [4.69, 9.17) is 12.2 Å². The summed E-state index contributed by atoms with van der Waals surface area (Å²) in [5, 5.41) is 4.31. The Hall–Kier alpha value is -1.16. The smallest absolute Gasteiger partial charge is 0.169 e. The van der Waals surface area contributed by atoms with Crippen LogP contribution >= 0.6 is 12.2 Å². The second kappa shape index (κ2) is 8.20. The SMILES string of the molecule is CCCCCCNC(=S)N(Cc1ccccn1)C1CC1. The van der Waals surface area contributed by atoms with Gasteiger partial charge in [-0.3, -0.25) is 4.98 Å². The highest BCUT2D eigenvalue weighted by molar-refractivity contribution is 7.80. The lowest BCUT2D eigenvalue weighted by Crippen LogP contribution is -2.41. The Morgan fingerprint density at radius 1 is 1.35 bits per heavy atom.